The molecule has 0 saturated carbocycles. The van der Waals surface area contributed by atoms with E-state index in [0.29, 0.717) is 42.1 Å². The molecule has 4 heterocycles. The highest BCUT2D eigenvalue weighted by Crippen LogP contribution is 2.40. The fourth-order valence-electron chi connectivity index (χ4n) is 10.2. The Balaban J connectivity index is 0.000000194. The van der Waals surface area contributed by atoms with Crippen LogP contribution in [-0.4, -0.2) is 68.1 Å². The molecule has 2 unspecified atom stereocenters. The van der Waals surface area contributed by atoms with Gasteiger partial charge in [0.1, 0.15) is 23.6 Å². The monoisotopic (exact) mass is 1090 g/mol. The summed E-state index contributed by atoms with van der Waals surface area (Å²) in [5.41, 5.74) is 13.6. The zero-order valence-corrected chi connectivity index (χ0v) is 47.0. The van der Waals surface area contributed by atoms with Gasteiger partial charge in [-0.2, -0.15) is 0 Å². The molecule has 8 aromatic rings. The molecule has 2 aliphatic heterocycles. The van der Waals surface area contributed by atoms with E-state index in [4.69, 9.17) is 31.5 Å². The predicted molar refractivity (Wildman–Crippen MR) is 325 cm³/mol. The smallest absolute Gasteiger partial charge is 0.224 e. The number of aromatic nitrogens is 4. The molecule has 0 saturated heterocycles. The van der Waals surface area contributed by atoms with Crippen LogP contribution in [0.1, 0.15) is 117 Å². The average molecular weight is 1090 g/mol. The normalized spacial score (nSPS) is 14.6. The van der Waals surface area contributed by atoms with Gasteiger partial charge in [0, 0.05) is 77.7 Å². The first-order valence-electron chi connectivity index (χ1n) is 28.3. The molecule has 412 valence electrons. The van der Waals surface area contributed by atoms with E-state index in [1.807, 2.05) is 84.9 Å². The second kappa shape index (κ2) is 27.9. The number of benzene rings is 6. The third kappa shape index (κ3) is 15.3. The van der Waals surface area contributed by atoms with Crippen LogP contribution in [0.15, 0.2) is 158 Å². The van der Waals surface area contributed by atoms with Gasteiger partial charge in [0.15, 0.2) is 11.6 Å². The zero-order chi connectivity index (χ0) is 55.8. The lowest BCUT2D eigenvalue weighted by Gasteiger charge is -2.33. The largest absolute Gasteiger partial charge is 0.387 e. The summed E-state index contributed by atoms with van der Waals surface area (Å²) in [6.45, 7) is 9.38. The van der Waals surface area contributed by atoms with Crippen molar-refractivity contribution in [2.45, 2.75) is 110 Å². The number of hydrogen-bond donors (Lipinski definition) is 4. The van der Waals surface area contributed by atoms with E-state index in [1.165, 1.54) is 16.7 Å². The number of para-hydroxylation sites is 2. The minimum absolute atomic E-state index is 0.0561. The van der Waals surface area contributed by atoms with E-state index in [1.54, 1.807) is 0 Å². The molecule has 4 N–H and O–H groups in total. The maximum Gasteiger partial charge on any atom is 0.224 e. The maximum atomic E-state index is 12.2. The number of fused-ring (bicyclic) bond motifs is 2. The summed E-state index contributed by atoms with van der Waals surface area (Å²) in [6, 6.07) is 51.8. The molecule has 0 fully saturated rings. The maximum absolute atomic E-state index is 12.2. The van der Waals surface area contributed by atoms with Gasteiger partial charge in [-0.3, -0.25) is 9.59 Å². The number of carbonyl (C=O) groups excluding carboxylic acids is 2. The van der Waals surface area contributed by atoms with E-state index in [9.17, 15) is 19.8 Å². The predicted octanol–water partition coefficient (Wildman–Crippen LogP) is 14.9. The number of aliphatic hydroxyl groups is 2. The van der Waals surface area contributed by atoms with Gasteiger partial charge in [-0.05, 0) is 95.7 Å². The Hall–Kier alpha value is -7.77. The average Bonchev–Trinajstić information content (AvgIpc) is 3.47. The summed E-state index contributed by atoms with van der Waals surface area (Å²) in [7, 11) is 0. The first kappa shape index (κ1) is 56.9. The molecule has 2 aromatic heterocycles. The Morgan fingerprint density at radius 3 is 1.14 bits per heavy atom. The Morgan fingerprint density at radius 2 is 0.775 bits per heavy atom. The number of rotatable bonds is 20. The SMILES string of the molecule is Cc1ccc(-c2nc3c(nc2-c2ccc(C)cc2)N(CCCCCCC(=O)Nc2ccccc2)CCC3O)cc1.Cc1ccc(-c2nc3c(nc2-c2ccc(Cl)cc2)C(O)CCN3CCCCCCC(=O)Nc2ccccc2)cc1. The molecule has 0 aliphatic carbocycles. The molecule has 2 amide bonds. The summed E-state index contributed by atoms with van der Waals surface area (Å²) >= 11 is 6.16. The molecular weight excluding hydrogens is 1020 g/mol. The van der Waals surface area contributed by atoms with Gasteiger partial charge in [-0.25, -0.2) is 19.9 Å². The number of anilines is 4. The van der Waals surface area contributed by atoms with Crippen LogP contribution in [0.5, 0.6) is 0 Å². The summed E-state index contributed by atoms with van der Waals surface area (Å²) in [5.74, 6) is 1.66. The number of unbranched alkanes of at least 4 members (excludes halogenated alkanes) is 6. The third-order valence-electron chi connectivity index (χ3n) is 14.8. The first-order chi connectivity index (χ1) is 38.9. The number of aliphatic hydroxyl groups excluding tert-OH is 2. The van der Waals surface area contributed by atoms with Crippen LogP contribution in [0.3, 0.4) is 0 Å². The molecule has 6 aromatic carbocycles. The number of aryl methyl sites for hydroxylation is 3. The Kier molecular flexibility index (Phi) is 19.9. The fraction of sp³-hybridized carbons (Fsp3) is 0.313. The van der Waals surface area contributed by atoms with Crippen molar-refractivity contribution in [1.82, 2.24) is 19.9 Å². The lowest BCUT2D eigenvalue weighted by Crippen LogP contribution is -2.34. The molecule has 0 spiro atoms. The second-order valence-electron chi connectivity index (χ2n) is 21.1. The molecule has 12 nitrogen and oxygen atoms in total. The summed E-state index contributed by atoms with van der Waals surface area (Å²) < 4.78 is 0. The number of hydrogen-bond acceptors (Lipinski definition) is 10. The van der Waals surface area contributed by atoms with Gasteiger partial charge in [-0.15, -0.1) is 0 Å². The van der Waals surface area contributed by atoms with Crippen molar-refractivity contribution in [3.05, 3.63) is 191 Å². The molecule has 80 heavy (non-hydrogen) atoms. The van der Waals surface area contributed by atoms with E-state index in [2.05, 4.69) is 114 Å². The van der Waals surface area contributed by atoms with Crippen molar-refractivity contribution in [3.63, 3.8) is 0 Å². The second-order valence-corrected chi connectivity index (χ2v) is 21.5. The number of nitrogens with zero attached hydrogens (tertiary/aromatic N) is 6. The van der Waals surface area contributed by atoms with E-state index >= 15 is 0 Å². The lowest BCUT2D eigenvalue weighted by atomic mass is 10.00. The van der Waals surface area contributed by atoms with Crippen LogP contribution in [0.25, 0.3) is 45.0 Å². The number of nitrogens with one attached hydrogen (secondary N) is 2. The molecule has 10 rings (SSSR count). The van der Waals surface area contributed by atoms with E-state index in [-0.39, 0.29) is 11.8 Å². The molecule has 2 aliphatic rings. The van der Waals surface area contributed by atoms with Crippen LogP contribution in [0.2, 0.25) is 5.02 Å². The van der Waals surface area contributed by atoms with Crippen LogP contribution in [0.4, 0.5) is 23.0 Å². The standard InChI is InChI=1S/C34H38N4O2.C33H35ClN4O2/c1-24-13-17-26(18-14-24)31-32(27-19-15-25(2)16-20-27)37-34-33(36-31)29(39)21-23-38(34)22-9-4-3-8-12-30(40)35-28-10-6-5-7-11-28;1-23-12-14-24(15-13-23)31-30(25-16-18-26(34)19-17-25)36-32-28(39)20-22-38(33(32)37-31)21-8-3-2-7-11-29(40)35-27-9-5-4-6-10-27/h5-7,10-11,13-20,29,39H,3-4,8-9,12,21-23H2,1-2H3,(H,35,40);4-6,9-10,12-19,28,39H,2-3,7-8,11,20-22H2,1H3,(H,35,40). The minimum Gasteiger partial charge on any atom is -0.387 e. The van der Waals surface area contributed by atoms with Crippen molar-refractivity contribution < 1.29 is 19.8 Å². The molecular formula is C67H73ClN8O4. The number of carbonyl (C=O) groups is 2. The van der Waals surface area contributed by atoms with Gasteiger partial charge >= 0.3 is 0 Å². The van der Waals surface area contributed by atoms with Crippen molar-refractivity contribution in [3.8, 4) is 45.0 Å². The quantitative estimate of drug-likeness (QED) is 0.0542. The minimum atomic E-state index is -0.653. The van der Waals surface area contributed by atoms with E-state index in [0.717, 1.165) is 146 Å². The Bertz CT molecular complexity index is 3070. The Labute approximate surface area is 476 Å². The van der Waals surface area contributed by atoms with Gasteiger partial charge in [-0.1, -0.05) is 175 Å². The van der Waals surface area contributed by atoms with Gasteiger partial charge in [0.25, 0.3) is 0 Å². The van der Waals surface area contributed by atoms with Crippen molar-refractivity contribution in [2.75, 3.05) is 46.6 Å². The highest BCUT2D eigenvalue weighted by Gasteiger charge is 2.31. The lowest BCUT2D eigenvalue weighted by molar-refractivity contribution is -0.117. The zero-order valence-electron chi connectivity index (χ0n) is 46.3. The van der Waals surface area contributed by atoms with Gasteiger partial charge in [0.2, 0.25) is 11.8 Å². The summed E-state index contributed by atoms with van der Waals surface area (Å²) in [5, 5.41) is 28.4. The highest BCUT2D eigenvalue weighted by molar-refractivity contribution is 6.30. The van der Waals surface area contributed by atoms with Crippen molar-refractivity contribution >= 4 is 46.4 Å². The summed E-state index contributed by atoms with van der Waals surface area (Å²) in [6.07, 6.45) is 8.77. The topological polar surface area (TPSA) is 157 Å². The van der Waals surface area contributed by atoms with Crippen molar-refractivity contribution in [2.24, 2.45) is 0 Å². The number of amides is 2. The molecule has 0 radical (unpaired) electrons. The van der Waals surface area contributed by atoms with Crippen LogP contribution in [0, 0.1) is 20.8 Å². The first-order valence-corrected chi connectivity index (χ1v) is 28.7. The van der Waals surface area contributed by atoms with E-state index < -0.39 is 12.2 Å². The van der Waals surface area contributed by atoms with Gasteiger partial charge < -0.3 is 30.6 Å². The van der Waals surface area contributed by atoms with Crippen molar-refractivity contribution in [1.29, 1.82) is 0 Å². The Morgan fingerprint density at radius 1 is 0.450 bits per heavy atom. The van der Waals surface area contributed by atoms with Crippen LogP contribution in [-0.2, 0) is 9.59 Å². The molecule has 13 heteroatoms. The van der Waals surface area contributed by atoms with Gasteiger partial charge in [0.05, 0.1) is 22.8 Å². The highest BCUT2D eigenvalue weighted by atomic mass is 35.5. The van der Waals surface area contributed by atoms with Crippen LogP contribution < -0.4 is 20.4 Å². The number of halogens is 1. The molecule has 0 bridgehead atoms. The van der Waals surface area contributed by atoms with Crippen LogP contribution >= 0.6 is 11.6 Å². The fourth-order valence-corrected chi connectivity index (χ4v) is 10.3. The molecule has 2 atom stereocenters. The summed E-state index contributed by atoms with van der Waals surface area (Å²) in [4.78, 5) is 49.3. The third-order valence-corrected chi connectivity index (χ3v) is 15.0.